The van der Waals surface area contributed by atoms with Gasteiger partial charge in [-0.3, -0.25) is 4.98 Å². The molecule has 0 amide bonds. The van der Waals surface area contributed by atoms with Crippen LogP contribution in [0.25, 0.3) is 21.8 Å². The van der Waals surface area contributed by atoms with E-state index in [4.69, 9.17) is 10.1 Å². The lowest BCUT2D eigenvalue weighted by atomic mass is 9.74. The summed E-state index contributed by atoms with van der Waals surface area (Å²) < 4.78 is 0. The van der Waals surface area contributed by atoms with Crippen LogP contribution in [0.3, 0.4) is 0 Å². The number of hydrogen-bond donors (Lipinski definition) is 2. The number of aromatic nitrogens is 2. The Bertz CT molecular complexity index is 1070. The van der Waals surface area contributed by atoms with E-state index in [0.29, 0.717) is 6.54 Å². The zero-order valence-corrected chi connectivity index (χ0v) is 16.7. The summed E-state index contributed by atoms with van der Waals surface area (Å²) in [6.45, 7) is 13.4. The molecular weight excluding hydrogens is 332 g/mol. The first-order valence-electron chi connectivity index (χ1n) is 9.76. The lowest BCUT2D eigenvalue weighted by Gasteiger charge is -2.32. The smallest absolute Gasteiger partial charge is 0.0720 e. The summed E-state index contributed by atoms with van der Waals surface area (Å²) in [7, 11) is 0. The predicted octanol–water partition coefficient (Wildman–Crippen LogP) is 5.12. The monoisotopic (exact) mass is 360 g/mol. The second-order valence-corrected chi connectivity index (χ2v) is 8.52. The molecule has 1 aromatic carbocycles. The summed E-state index contributed by atoms with van der Waals surface area (Å²) in [5, 5.41) is 7.28. The van der Waals surface area contributed by atoms with Crippen molar-refractivity contribution in [2.24, 2.45) is 10.5 Å². The van der Waals surface area contributed by atoms with E-state index in [2.05, 4.69) is 62.0 Å². The highest BCUT2D eigenvalue weighted by Gasteiger charge is 2.33. The summed E-state index contributed by atoms with van der Waals surface area (Å²) in [6, 6.07) is 8.51. The van der Waals surface area contributed by atoms with Crippen molar-refractivity contribution in [2.45, 2.75) is 47.0 Å². The summed E-state index contributed by atoms with van der Waals surface area (Å²) in [5.74, 6) is 0. The Morgan fingerprint density at radius 2 is 2.07 bits per heavy atom. The van der Waals surface area contributed by atoms with Crippen LogP contribution in [-0.4, -0.2) is 22.2 Å². The molecule has 0 aliphatic heterocycles. The Balaban J connectivity index is 2.00. The molecule has 2 N–H and O–H groups in total. The Labute approximate surface area is 160 Å². The molecule has 0 radical (unpaired) electrons. The normalized spacial score (nSPS) is 17.4. The number of aryl methyl sites for hydroxylation is 1. The van der Waals surface area contributed by atoms with E-state index >= 15 is 0 Å². The first-order chi connectivity index (χ1) is 12.9. The molecule has 3 aromatic rings. The maximum atomic E-state index is 5.13. The molecule has 4 nitrogen and oxygen atoms in total. The quantitative estimate of drug-likeness (QED) is 0.501. The van der Waals surface area contributed by atoms with Crippen LogP contribution < -0.4 is 5.43 Å². The second-order valence-electron chi connectivity index (χ2n) is 8.52. The average Bonchev–Trinajstić information content (AvgIpc) is 2.98. The van der Waals surface area contributed by atoms with Crippen LogP contribution in [0.2, 0.25) is 0 Å². The van der Waals surface area contributed by atoms with Crippen molar-refractivity contribution < 1.29 is 0 Å². The molecule has 0 saturated heterocycles. The number of hydrazone groups is 1. The Kier molecular flexibility index (Phi) is 4.29. The first kappa shape index (κ1) is 17.8. The Hall–Kier alpha value is -2.62. The first-order valence-corrected chi connectivity index (χ1v) is 9.76. The number of fused-ring (bicyclic) bond motifs is 5. The van der Waals surface area contributed by atoms with Gasteiger partial charge in [0.25, 0.3) is 0 Å². The molecule has 2 aromatic heterocycles. The van der Waals surface area contributed by atoms with E-state index in [9.17, 15) is 0 Å². The molecule has 4 heteroatoms. The minimum atomic E-state index is 0.147. The third kappa shape index (κ3) is 3.14. The molecule has 1 aliphatic carbocycles. The van der Waals surface area contributed by atoms with E-state index in [1.165, 1.54) is 27.5 Å². The fourth-order valence-electron chi connectivity index (χ4n) is 4.17. The number of benzene rings is 1. The minimum absolute atomic E-state index is 0.147. The van der Waals surface area contributed by atoms with Gasteiger partial charge in [-0.2, -0.15) is 5.10 Å². The average molecular weight is 361 g/mol. The van der Waals surface area contributed by atoms with Crippen molar-refractivity contribution in [1.82, 2.24) is 15.4 Å². The number of hydrogen-bond acceptors (Lipinski definition) is 3. The molecule has 2 heterocycles. The van der Waals surface area contributed by atoms with Crippen molar-refractivity contribution in [3.8, 4) is 0 Å². The number of nitrogens with zero attached hydrogens (tertiary/aromatic N) is 2. The lowest BCUT2D eigenvalue weighted by Crippen LogP contribution is -2.30. The lowest BCUT2D eigenvalue weighted by molar-refractivity contribution is 0.367. The number of rotatable bonds is 4. The van der Waals surface area contributed by atoms with Crippen molar-refractivity contribution in [3.05, 3.63) is 53.4 Å². The van der Waals surface area contributed by atoms with E-state index in [1.54, 1.807) is 0 Å². The molecule has 0 spiro atoms. The third-order valence-corrected chi connectivity index (χ3v) is 5.31. The summed E-state index contributed by atoms with van der Waals surface area (Å²) in [6.07, 6.45) is 2.83. The van der Waals surface area contributed by atoms with Crippen molar-refractivity contribution in [2.75, 3.05) is 6.54 Å². The fourth-order valence-corrected chi connectivity index (χ4v) is 4.17. The van der Waals surface area contributed by atoms with Crippen LogP contribution in [0.5, 0.6) is 0 Å². The Morgan fingerprint density at radius 3 is 2.81 bits per heavy atom. The van der Waals surface area contributed by atoms with Gasteiger partial charge in [0.2, 0.25) is 0 Å². The van der Waals surface area contributed by atoms with Crippen molar-refractivity contribution >= 4 is 27.5 Å². The van der Waals surface area contributed by atoms with Gasteiger partial charge in [0.05, 0.1) is 29.2 Å². The Morgan fingerprint density at radius 1 is 1.30 bits per heavy atom. The van der Waals surface area contributed by atoms with E-state index in [1.807, 2.05) is 6.92 Å². The number of H-pyrrole nitrogens is 1. The zero-order chi connectivity index (χ0) is 19.2. The molecule has 1 aliphatic rings. The number of aromatic amines is 1. The molecule has 140 valence electrons. The van der Waals surface area contributed by atoms with E-state index in [0.717, 1.165) is 41.8 Å². The van der Waals surface area contributed by atoms with Crippen LogP contribution in [0.4, 0.5) is 0 Å². The SMILES string of the molecule is C=C(C)CN/N=C1\CC(C)(C)Cc2nc(CC)c3c([nH]c4ccccc43)c21. The van der Waals surface area contributed by atoms with Gasteiger partial charge in [0.1, 0.15) is 0 Å². The van der Waals surface area contributed by atoms with Crippen LogP contribution in [0.1, 0.15) is 51.1 Å². The minimum Gasteiger partial charge on any atom is -0.354 e. The van der Waals surface area contributed by atoms with Gasteiger partial charge in [0.15, 0.2) is 0 Å². The van der Waals surface area contributed by atoms with Gasteiger partial charge in [0, 0.05) is 21.9 Å². The second kappa shape index (κ2) is 6.52. The summed E-state index contributed by atoms with van der Waals surface area (Å²) in [5.41, 5.74) is 11.4. The highest BCUT2D eigenvalue weighted by Crippen LogP contribution is 2.40. The number of pyridine rings is 1. The molecule has 0 bridgehead atoms. The number of nitrogens with one attached hydrogen (secondary N) is 2. The van der Waals surface area contributed by atoms with Gasteiger partial charge in [-0.1, -0.05) is 51.1 Å². The summed E-state index contributed by atoms with van der Waals surface area (Å²) >= 11 is 0. The summed E-state index contributed by atoms with van der Waals surface area (Å²) in [4.78, 5) is 8.80. The maximum Gasteiger partial charge on any atom is 0.0720 e. The topological polar surface area (TPSA) is 53.1 Å². The van der Waals surface area contributed by atoms with Crippen LogP contribution in [0.15, 0.2) is 41.5 Å². The van der Waals surface area contributed by atoms with Gasteiger partial charge in [-0.15, -0.1) is 0 Å². The van der Waals surface area contributed by atoms with Gasteiger partial charge in [-0.25, -0.2) is 0 Å². The maximum absolute atomic E-state index is 5.13. The molecule has 0 unspecified atom stereocenters. The van der Waals surface area contributed by atoms with Crippen molar-refractivity contribution in [1.29, 1.82) is 0 Å². The molecule has 27 heavy (non-hydrogen) atoms. The van der Waals surface area contributed by atoms with Crippen molar-refractivity contribution in [3.63, 3.8) is 0 Å². The highest BCUT2D eigenvalue weighted by atomic mass is 15.3. The predicted molar refractivity (Wildman–Crippen MR) is 114 cm³/mol. The highest BCUT2D eigenvalue weighted by molar-refractivity contribution is 6.18. The van der Waals surface area contributed by atoms with Crippen LogP contribution in [0, 0.1) is 5.41 Å². The van der Waals surface area contributed by atoms with Crippen LogP contribution in [-0.2, 0) is 12.8 Å². The largest absolute Gasteiger partial charge is 0.354 e. The molecular formula is C23H28N4. The fraction of sp³-hybridized carbons (Fsp3) is 0.391. The van der Waals surface area contributed by atoms with E-state index < -0.39 is 0 Å². The zero-order valence-electron chi connectivity index (χ0n) is 16.7. The van der Waals surface area contributed by atoms with Gasteiger partial charge < -0.3 is 10.4 Å². The standard InChI is InChI=1S/C23H28N4/c1-6-16-20-15-9-7-8-10-17(15)26-22(20)21-18(25-16)11-23(4,5)12-19(21)27-24-13-14(2)3/h7-10,24,26H,2,6,11-13H2,1,3-5H3/b27-19+. The molecule has 0 saturated carbocycles. The number of para-hydroxylation sites is 1. The third-order valence-electron chi connectivity index (χ3n) is 5.31. The molecule has 0 fully saturated rings. The van der Waals surface area contributed by atoms with Gasteiger partial charge >= 0.3 is 0 Å². The molecule has 0 atom stereocenters. The van der Waals surface area contributed by atoms with Crippen LogP contribution >= 0.6 is 0 Å². The van der Waals surface area contributed by atoms with Gasteiger partial charge in [-0.05, 0) is 37.7 Å². The van der Waals surface area contributed by atoms with E-state index in [-0.39, 0.29) is 5.41 Å². The molecule has 4 rings (SSSR count).